The van der Waals surface area contributed by atoms with Gasteiger partial charge in [-0.3, -0.25) is 44.3 Å². The number of thioether (sulfide) groups is 1. The Balaban J connectivity index is 0.676. The van der Waals surface area contributed by atoms with Crippen LogP contribution in [0, 0.1) is 21.4 Å². The Morgan fingerprint density at radius 2 is 1.72 bits per heavy atom. The fourth-order valence-corrected chi connectivity index (χ4v) is 14.0. The number of nitrogens with one attached hydrogen (secondary N) is 4. The Bertz CT molecular complexity index is 3770. The number of imide groups is 1. The summed E-state index contributed by atoms with van der Waals surface area (Å²) in [5.41, 5.74) is 6.53. The summed E-state index contributed by atoms with van der Waals surface area (Å²) >= 11 is 7.76. The molecule has 24 heteroatoms. The van der Waals surface area contributed by atoms with Crippen LogP contribution in [-0.2, 0) is 35.7 Å². The summed E-state index contributed by atoms with van der Waals surface area (Å²) in [5.74, 6) is -1.25. The minimum atomic E-state index is -4.67. The number of hydrogen-bond acceptors (Lipinski definition) is 16. The van der Waals surface area contributed by atoms with Gasteiger partial charge in [0.05, 0.1) is 28.2 Å². The summed E-state index contributed by atoms with van der Waals surface area (Å²) in [6.45, 7) is 10.1. The number of piperidine rings is 2. The zero-order valence-corrected chi connectivity index (χ0v) is 50.2. The average Bonchev–Trinajstić information content (AvgIpc) is 3.04. The molecular formula is C62H67ClN10O11S2. The first-order valence-electron chi connectivity index (χ1n) is 28.9. The van der Waals surface area contributed by atoms with Crippen molar-refractivity contribution in [2.45, 2.75) is 81.2 Å². The quantitative estimate of drug-likeness (QED) is 0.0183. The molecule has 86 heavy (non-hydrogen) atoms. The number of halogens is 1. The zero-order valence-electron chi connectivity index (χ0n) is 47.8. The first-order chi connectivity index (χ1) is 41.3. The Labute approximate surface area is 507 Å². The van der Waals surface area contributed by atoms with Gasteiger partial charge < -0.3 is 34.5 Å². The van der Waals surface area contributed by atoms with Gasteiger partial charge in [0.15, 0.2) is 0 Å². The number of amides is 5. The maximum absolute atomic E-state index is 14.2. The highest BCUT2D eigenvalue weighted by atomic mass is 35.5. The molecule has 0 spiro atoms. The Morgan fingerprint density at radius 1 is 0.930 bits per heavy atom. The van der Waals surface area contributed by atoms with Gasteiger partial charge in [-0.25, -0.2) is 18.1 Å². The molecule has 1 aliphatic carbocycles. The van der Waals surface area contributed by atoms with Crippen LogP contribution in [0.1, 0.15) is 90.6 Å². The monoisotopic (exact) mass is 1230 g/mol. The molecule has 1 unspecified atom stereocenters. The zero-order chi connectivity index (χ0) is 60.3. The van der Waals surface area contributed by atoms with E-state index in [-0.39, 0.29) is 78.7 Å². The number of anilines is 2. The second kappa shape index (κ2) is 25.6. The van der Waals surface area contributed by atoms with Crippen LogP contribution in [0.5, 0.6) is 11.5 Å². The number of sulfonamides is 1. The number of nitrogens with zero attached hydrogens (tertiary/aromatic N) is 6. The number of pyridine rings is 1. The Morgan fingerprint density at radius 3 is 2.49 bits per heavy atom. The fraction of sp³-hybridized carbons (Fsp3) is 0.387. The number of H-pyrrole nitrogens is 1. The standard InChI is InChI=1S/C62H67ClN10O11S2/c1-62(2)20-16-42(49(33-62)40-6-8-43(63)9-7-40)36-69-24-26-70(27-25-69)44-10-12-48(54(31-44)84-45-30-41-17-21-64-58(41)66-35-45)59(76)68-86(81,82)46-11-13-51(53(32-46)73(79)80)65-34-39-18-22-71(23-19-39)57(75)38-83-28-29-85-55-5-3-4-47-50(55)37-72(61(47)78)52-14-15-56(74)67-60(52)77/h3-13,17,21,30-32,35,39,52,65H,14-16,18-20,22-29,33-34,36-38H2,1-2H3,(H,64,66)(H,68,76)(H,67,74,77). The van der Waals surface area contributed by atoms with E-state index in [2.05, 4.69) is 61.1 Å². The van der Waals surface area contributed by atoms with E-state index in [0.717, 1.165) is 66.5 Å². The SMILES string of the molecule is CC1(C)CCC(CN2CCN(c3ccc(C(=O)NS(=O)(=O)c4ccc(NCC5CCN(C(=O)COCCSc6cccc7c6CN(C6CCC(=O)NC6=O)C7=O)CC5)c([N+](=O)[O-])c4)c(Oc4cnc5[nH]ccc5c4)c3)CC2)=C(c2ccc(Cl)cc2)C1. The van der Waals surface area contributed by atoms with Gasteiger partial charge in [0.25, 0.3) is 27.5 Å². The summed E-state index contributed by atoms with van der Waals surface area (Å²) in [6, 6.07) is 24.9. The Kier molecular flexibility index (Phi) is 17.8. The predicted octanol–water partition coefficient (Wildman–Crippen LogP) is 9.04. The summed E-state index contributed by atoms with van der Waals surface area (Å²) in [5, 5.41) is 19.4. The number of likely N-dealkylation sites (tertiary alicyclic amines) is 1. The van der Waals surface area contributed by atoms with Crippen molar-refractivity contribution < 1.29 is 46.8 Å². The number of aromatic amines is 1. The van der Waals surface area contributed by atoms with Crippen molar-refractivity contribution in [1.29, 1.82) is 0 Å². The molecule has 0 saturated carbocycles. The molecule has 2 aromatic heterocycles. The maximum atomic E-state index is 14.2. The molecule has 0 bridgehead atoms. The van der Waals surface area contributed by atoms with Crippen LogP contribution in [-0.4, -0.2) is 145 Å². The third-order valence-corrected chi connectivity index (χ3v) is 19.5. The average molecular weight is 1230 g/mol. The van der Waals surface area contributed by atoms with E-state index in [1.54, 1.807) is 41.4 Å². The van der Waals surface area contributed by atoms with Crippen LogP contribution >= 0.6 is 23.4 Å². The lowest BCUT2D eigenvalue weighted by Crippen LogP contribution is -2.52. The summed E-state index contributed by atoms with van der Waals surface area (Å²) in [7, 11) is -4.67. The minimum absolute atomic E-state index is 0.0455. The molecule has 450 valence electrons. The first-order valence-corrected chi connectivity index (χ1v) is 31.7. The molecule has 4 aliphatic heterocycles. The third kappa shape index (κ3) is 13.7. The number of allylic oxidation sites excluding steroid dienone is 1. The van der Waals surface area contributed by atoms with Crippen molar-refractivity contribution in [3.8, 4) is 11.5 Å². The van der Waals surface area contributed by atoms with E-state index in [0.29, 0.717) is 73.3 Å². The van der Waals surface area contributed by atoms with Gasteiger partial charge in [-0.05, 0) is 127 Å². The molecule has 5 amide bonds. The largest absolute Gasteiger partial charge is 0.455 e. The van der Waals surface area contributed by atoms with Gasteiger partial charge in [0.1, 0.15) is 35.5 Å². The molecule has 1 atom stereocenters. The number of carbonyl (C=O) groups excluding carboxylic acids is 5. The predicted molar refractivity (Wildman–Crippen MR) is 327 cm³/mol. The van der Waals surface area contributed by atoms with Crippen molar-refractivity contribution in [1.82, 2.24) is 34.7 Å². The van der Waals surface area contributed by atoms with Crippen LogP contribution < -0.4 is 25.0 Å². The number of nitro benzene ring substituents is 1. The number of ether oxygens (including phenoxy) is 2. The van der Waals surface area contributed by atoms with Gasteiger partial charge in [0.2, 0.25) is 17.7 Å². The van der Waals surface area contributed by atoms with E-state index in [4.69, 9.17) is 21.1 Å². The molecule has 3 fully saturated rings. The minimum Gasteiger partial charge on any atom is -0.455 e. The fourth-order valence-electron chi connectivity index (χ4n) is 12.0. The van der Waals surface area contributed by atoms with Crippen LogP contribution in [0.3, 0.4) is 0 Å². The normalized spacial score (nSPS) is 18.5. The van der Waals surface area contributed by atoms with Crippen LogP contribution in [0.2, 0.25) is 5.02 Å². The smallest absolute Gasteiger partial charge is 0.293 e. The number of aromatic nitrogens is 2. The highest BCUT2D eigenvalue weighted by Gasteiger charge is 2.40. The van der Waals surface area contributed by atoms with E-state index >= 15 is 0 Å². The molecule has 5 aliphatic rings. The maximum Gasteiger partial charge on any atom is 0.293 e. The molecule has 4 aromatic carbocycles. The topological polar surface area (TPSA) is 259 Å². The summed E-state index contributed by atoms with van der Waals surface area (Å²) in [4.78, 5) is 92.3. The van der Waals surface area contributed by atoms with Crippen molar-refractivity contribution in [3.05, 3.63) is 146 Å². The molecular weight excluding hydrogens is 1160 g/mol. The number of hydrogen-bond donors (Lipinski definition) is 4. The van der Waals surface area contributed by atoms with E-state index < -0.39 is 43.4 Å². The molecule has 4 N–H and O–H groups in total. The van der Waals surface area contributed by atoms with Crippen molar-refractivity contribution >= 4 is 96.6 Å². The van der Waals surface area contributed by atoms with Crippen LogP contribution in [0.15, 0.2) is 119 Å². The van der Waals surface area contributed by atoms with Gasteiger partial charge >= 0.3 is 0 Å². The second-order valence-corrected chi connectivity index (χ2v) is 26.5. The highest BCUT2D eigenvalue weighted by Crippen LogP contribution is 2.44. The number of fused-ring (bicyclic) bond motifs is 2. The number of nitro groups is 1. The molecule has 21 nitrogen and oxygen atoms in total. The van der Waals surface area contributed by atoms with E-state index in [9.17, 15) is 42.5 Å². The number of rotatable bonds is 20. The van der Waals surface area contributed by atoms with Crippen molar-refractivity contribution in [2.24, 2.45) is 11.3 Å². The lowest BCUT2D eigenvalue weighted by molar-refractivity contribution is -0.384. The summed E-state index contributed by atoms with van der Waals surface area (Å²) in [6.07, 6.45) is 8.05. The summed E-state index contributed by atoms with van der Waals surface area (Å²) < 4.78 is 42.2. The number of benzene rings is 4. The molecule has 11 rings (SSSR count). The Hall–Kier alpha value is -7.83. The van der Waals surface area contributed by atoms with E-state index in [1.807, 2.05) is 24.3 Å². The van der Waals surface area contributed by atoms with Gasteiger partial charge in [0, 0.05) is 116 Å². The van der Waals surface area contributed by atoms with E-state index in [1.165, 1.54) is 57.8 Å². The number of piperazine rings is 1. The van der Waals surface area contributed by atoms with Crippen LogP contribution in [0.25, 0.3) is 16.6 Å². The highest BCUT2D eigenvalue weighted by molar-refractivity contribution is 7.99. The number of carbonyl (C=O) groups is 5. The van der Waals surface area contributed by atoms with Gasteiger partial charge in [-0.2, -0.15) is 0 Å². The molecule has 3 saturated heterocycles. The lowest BCUT2D eigenvalue weighted by atomic mass is 9.72. The van der Waals surface area contributed by atoms with Gasteiger partial charge in [-0.15, -0.1) is 11.8 Å². The lowest BCUT2D eigenvalue weighted by Gasteiger charge is -2.39. The third-order valence-electron chi connectivity index (χ3n) is 16.8. The van der Waals surface area contributed by atoms with Crippen molar-refractivity contribution in [3.63, 3.8) is 0 Å². The first kappa shape index (κ1) is 59.9. The molecule has 0 radical (unpaired) electrons. The molecule has 6 aromatic rings. The second-order valence-electron chi connectivity index (χ2n) is 23.2. The molecule has 6 heterocycles. The van der Waals surface area contributed by atoms with Gasteiger partial charge in [-0.1, -0.05) is 49.2 Å². The van der Waals surface area contributed by atoms with Crippen LogP contribution in [0.4, 0.5) is 17.1 Å². The van der Waals surface area contributed by atoms with Crippen molar-refractivity contribution in [2.75, 3.05) is 81.5 Å².